The number of nitrogens with zero attached hydrogens (tertiary/aromatic N) is 1. The number of hydroxylamine groups is 2. The Morgan fingerprint density at radius 2 is 2.27 bits per heavy atom. The topological polar surface area (TPSA) is 21.7 Å². The van der Waals surface area contributed by atoms with Crippen molar-refractivity contribution in [2.75, 3.05) is 26.8 Å². The van der Waals surface area contributed by atoms with Gasteiger partial charge in [0.1, 0.15) is 0 Å². The molecule has 1 fully saturated rings. The van der Waals surface area contributed by atoms with E-state index in [4.69, 9.17) is 9.57 Å². The van der Waals surface area contributed by atoms with Gasteiger partial charge in [-0.05, 0) is 12.8 Å². The minimum Gasteiger partial charge on any atom is -0.383 e. The van der Waals surface area contributed by atoms with E-state index in [1.54, 1.807) is 7.11 Å². The van der Waals surface area contributed by atoms with Crippen LogP contribution in [0, 0.1) is 5.92 Å². The fraction of sp³-hybridized carbons (Fsp3) is 1.00. The lowest BCUT2D eigenvalue weighted by molar-refractivity contribution is -0.147. The maximum Gasteiger partial charge on any atom is 0.0803 e. The van der Waals surface area contributed by atoms with Gasteiger partial charge in [0.2, 0.25) is 0 Å². The van der Waals surface area contributed by atoms with Crippen LogP contribution in [0.4, 0.5) is 0 Å². The molecule has 2 atom stereocenters. The van der Waals surface area contributed by atoms with Gasteiger partial charge in [-0.15, -0.1) is 0 Å². The number of hydrogen-bond donors (Lipinski definition) is 0. The second-order valence-electron chi connectivity index (χ2n) is 3.17. The number of methoxy groups -OCH3 is 1. The smallest absolute Gasteiger partial charge is 0.0803 e. The molecule has 0 bridgehead atoms. The van der Waals surface area contributed by atoms with E-state index in [9.17, 15) is 0 Å². The molecular weight excluding hydrogens is 142 g/mol. The highest BCUT2D eigenvalue weighted by Crippen LogP contribution is 2.18. The van der Waals surface area contributed by atoms with Crippen molar-refractivity contribution in [2.45, 2.75) is 20.0 Å². The quantitative estimate of drug-likeness (QED) is 0.611. The van der Waals surface area contributed by atoms with Gasteiger partial charge in [-0.25, -0.2) is 0 Å². The molecule has 0 amide bonds. The summed E-state index contributed by atoms with van der Waals surface area (Å²) in [6.07, 6.45) is 0.367. The maximum atomic E-state index is 5.53. The highest BCUT2D eigenvalue weighted by molar-refractivity contribution is 4.69. The predicted octanol–water partition coefficient (Wildman–Crippen LogP) is 0.905. The van der Waals surface area contributed by atoms with Crippen LogP contribution in [0.1, 0.15) is 13.8 Å². The Labute approximate surface area is 68.2 Å². The van der Waals surface area contributed by atoms with E-state index in [0.29, 0.717) is 12.0 Å². The van der Waals surface area contributed by atoms with Crippen molar-refractivity contribution in [1.29, 1.82) is 0 Å². The van der Waals surface area contributed by atoms with E-state index in [0.717, 1.165) is 19.7 Å². The Kier molecular flexibility index (Phi) is 3.30. The zero-order valence-corrected chi connectivity index (χ0v) is 7.54. The molecule has 3 heteroatoms. The third-order valence-corrected chi connectivity index (χ3v) is 2.15. The molecule has 1 heterocycles. The fourth-order valence-electron chi connectivity index (χ4n) is 1.19. The lowest BCUT2D eigenvalue weighted by atomic mass is 10.1. The molecule has 0 aliphatic carbocycles. The SMILES string of the molecule is COCCN1CC(C)[C@H](C)O1. The average molecular weight is 159 g/mol. The molecule has 1 rings (SSSR count). The predicted molar refractivity (Wildman–Crippen MR) is 43.2 cm³/mol. The monoisotopic (exact) mass is 159 g/mol. The van der Waals surface area contributed by atoms with Crippen LogP contribution in [0.3, 0.4) is 0 Å². The third kappa shape index (κ3) is 2.43. The van der Waals surface area contributed by atoms with Crippen LogP contribution in [-0.4, -0.2) is 38.0 Å². The summed E-state index contributed by atoms with van der Waals surface area (Å²) < 4.78 is 4.95. The van der Waals surface area contributed by atoms with Crippen LogP contribution in [0.2, 0.25) is 0 Å². The molecular formula is C8H17NO2. The van der Waals surface area contributed by atoms with E-state index in [1.807, 2.05) is 5.06 Å². The summed E-state index contributed by atoms with van der Waals surface area (Å²) in [5.74, 6) is 0.645. The van der Waals surface area contributed by atoms with Crippen molar-refractivity contribution >= 4 is 0 Å². The van der Waals surface area contributed by atoms with Crippen LogP contribution in [-0.2, 0) is 9.57 Å². The summed E-state index contributed by atoms with van der Waals surface area (Å²) >= 11 is 0. The fourth-order valence-corrected chi connectivity index (χ4v) is 1.19. The van der Waals surface area contributed by atoms with Crippen molar-refractivity contribution < 1.29 is 9.57 Å². The highest BCUT2D eigenvalue weighted by Gasteiger charge is 2.26. The van der Waals surface area contributed by atoms with Crippen molar-refractivity contribution in [3.8, 4) is 0 Å². The maximum absolute atomic E-state index is 5.53. The van der Waals surface area contributed by atoms with Gasteiger partial charge in [0.05, 0.1) is 12.7 Å². The molecule has 0 saturated carbocycles. The molecule has 66 valence electrons. The molecule has 0 aromatic rings. The van der Waals surface area contributed by atoms with E-state index >= 15 is 0 Å². The van der Waals surface area contributed by atoms with Gasteiger partial charge in [0.25, 0.3) is 0 Å². The summed E-state index contributed by atoms with van der Waals surface area (Å²) in [5, 5.41) is 1.98. The number of hydrogen-bond acceptors (Lipinski definition) is 3. The van der Waals surface area contributed by atoms with E-state index < -0.39 is 0 Å². The van der Waals surface area contributed by atoms with Crippen molar-refractivity contribution in [3.05, 3.63) is 0 Å². The number of ether oxygens (including phenoxy) is 1. The standard InChI is InChI=1S/C8H17NO2/c1-7-6-9(4-5-10-3)11-8(7)2/h7-8H,4-6H2,1-3H3/t7?,8-/m0/s1. The van der Waals surface area contributed by atoms with E-state index in [1.165, 1.54) is 0 Å². The van der Waals surface area contributed by atoms with Gasteiger partial charge in [-0.3, -0.25) is 4.84 Å². The van der Waals surface area contributed by atoms with E-state index in [2.05, 4.69) is 13.8 Å². The first kappa shape index (κ1) is 8.97. The van der Waals surface area contributed by atoms with Gasteiger partial charge >= 0.3 is 0 Å². The second kappa shape index (κ2) is 4.04. The first-order valence-corrected chi connectivity index (χ1v) is 4.14. The summed E-state index contributed by atoms with van der Waals surface area (Å²) in [4.78, 5) is 5.53. The van der Waals surface area contributed by atoms with Crippen LogP contribution in [0.15, 0.2) is 0 Å². The lowest BCUT2D eigenvalue weighted by Gasteiger charge is -2.13. The third-order valence-electron chi connectivity index (χ3n) is 2.15. The molecule has 1 saturated heterocycles. The first-order chi connectivity index (χ1) is 5.24. The molecule has 0 radical (unpaired) electrons. The van der Waals surface area contributed by atoms with E-state index in [-0.39, 0.29) is 0 Å². The van der Waals surface area contributed by atoms with Gasteiger partial charge in [0.15, 0.2) is 0 Å². The van der Waals surface area contributed by atoms with Crippen molar-refractivity contribution in [3.63, 3.8) is 0 Å². The Balaban J connectivity index is 2.18. The first-order valence-electron chi connectivity index (χ1n) is 4.14. The van der Waals surface area contributed by atoms with Crippen molar-refractivity contribution in [2.24, 2.45) is 5.92 Å². The Bertz CT molecular complexity index is 109. The molecule has 0 aromatic carbocycles. The lowest BCUT2D eigenvalue weighted by Crippen LogP contribution is -2.23. The molecule has 1 aliphatic rings. The minimum absolute atomic E-state index is 0.367. The van der Waals surface area contributed by atoms with Crippen LogP contribution >= 0.6 is 0 Å². The average Bonchev–Trinajstić information content (AvgIpc) is 2.28. The molecule has 0 spiro atoms. The molecule has 0 aromatic heterocycles. The Morgan fingerprint density at radius 1 is 1.55 bits per heavy atom. The van der Waals surface area contributed by atoms with Gasteiger partial charge in [-0.1, -0.05) is 6.92 Å². The molecule has 0 N–H and O–H groups in total. The Morgan fingerprint density at radius 3 is 2.73 bits per heavy atom. The van der Waals surface area contributed by atoms with Crippen molar-refractivity contribution in [1.82, 2.24) is 5.06 Å². The Hall–Kier alpha value is -0.120. The molecule has 11 heavy (non-hydrogen) atoms. The summed E-state index contributed by atoms with van der Waals surface area (Å²) in [6.45, 7) is 6.98. The molecule has 1 unspecified atom stereocenters. The zero-order valence-electron chi connectivity index (χ0n) is 7.54. The largest absolute Gasteiger partial charge is 0.383 e. The zero-order chi connectivity index (χ0) is 8.27. The van der Waals surface area contributed by atoms with Gasteiger partial charge in [-0.2, -0.15) is 5.06 Å². The van der Waals surface area contributed by atoms with Gasteiger partial charge < -0.3 is 4.74 Å². The number of rotatable bonds is 3. The summed E-state index contributed by atoms with van der Waals surface area (Å²) in [7, 11) is 1.71. The summed E-state index contributed by atoms with van der Waals surface area (Å²) in [6, 6.07) is 0. The van der Waals surface area contributed by atoms with Gasteiger partial charge in [0, 0.05) is 20.2 Å². The summed E-state index contributed by atoms with van der Waals surface area (Å²) in [5.41, 5.74) is 0. The normalized spacial score (nSPS) is 33.0. The van der Waals surface area contributed by atoms with Crippen LogP contribution < -0.4 is 0 Å². The molecule has 1 aliphatic heterocycles. The minimum atomic E-state index is 0.367. The van der Waals surface area contributed by atoms with Crippen LogP contribution in [0.25, 0.3) is 0 Å². The highest BCUT2D eigenvalue weighted by atomic mass is 16.7. The second-order valence-corrected chi connectivity index (χ2v) is 3.17. The molecule has 3 nitrogen and oxygen atoms in total. The van der Waals surface area contributed by atoms with Crippen LogP contribution in [0.5, 0.6) is 0 Å².